The number of benzene rings is 12. The summed E-state index contributed by atoms with van der Waals surface area (Å²) in [5, 5.41) is 108. The van der Waals surface area contributed by atoms with E-state index >= 15 is 0 Å². The zero-order valence-corrected chi connectivity index (χ0v) is 53.6. The van der Waals surface area contributed by atoms with Crippen LogP contribution >= 0.6 is 0 Å². The molecule has 12 aromatic carbocycles. The second-order valence-electron chi connectivity index (χ2n) is 24.2. The number of fused-ring (bicyclic) bond motifs is 7. The van der Waals surface area contributed by atoms with Gasteiger partial charge in [-0.2, -0.15) is 47.4 Å². The van der Waals surface area contributed by atoms with Crippen LogP contribution < -0.4 is 0 Å². The number of nitriles is 9. The number of pyridine rings is 2. The van der Waals surface area contributed by atoms with Gasteiger partial charge in [-0.25, -0.2) is 0 Å². The lowest BCUT2D eigenvalue weighted by molar-refractivity contribution is 1.16. The molecule has 0 atom stereocenters. The maximum atomic E-state index is 12.0. The molecule has 0 N–H and O–H groups in total. The molecule has 0 aliphatic rings. The Morgan fingerprint density at radius 1 is 0.255 bits per heavy atom. The van der Waals surface area contributed by atoms with Crippen LogP contribution in [0.1, 0.15) is 50.1 Å². The molecule has 0 saturated carbocycles. The van der Waals surface area contributed by atoms with Gasteiger partial charge in [0.25, 0.3) is 0 Å². The van der Waals surface area contributed by atoms with Crippen LogP contribution in [0.5, 0.6) is 0 Å². The molecule has 13 heteroatoms. The quantitative estimate of drug-likeness (QED) is 0.124. The summed E-state index contributed by atoms with van der Waals surface area (Å²) >= 11 is 0. The topological polar surface area (TPSA) is 250 Å². The summed E-state index contributed by atoms with van der Waals surface area (Å²) in [7, 11) is 0. The highest BCUT2D eigenvalue weighted by molar-refractivity contribution is 6.35. The molecule has 16 rings (SSSR count). The van der Waals surface area contributed by atoms with E-state index in [1.54, 1.807) is 18.5 Å². The lowest BCUT2D eigenvalue weighted by Gasteiger charge is -2.27. The summed E-state index contributed by atoms with van der Waals surface area (Å²) in [6, 6.07) is 98.5. The van der Waals surface area contributed by atoms with E-state index in [9.17, 15) is 47.4 Å². The molecule has 0 radical (unpaired) electrons. The molecule has 0 aliphatic heterocycles. The van der Waals surface area contributed by atoms with Gasteiger partial charge in [-0.15, -0.1) is 0 Å². The van der Waals surface area contributed by atoms with Gasteiger partial charge in [-0.1, -0.05) is 176 Å². The van der Waals surface area contributed by atoms with Crippen molar-refractivity contribution in [3.8, 4) is 155 Å². The molecule has 0 spiro atoms. The average Bonchev–Trinajstić information content (AvgIpc) is 1.47. The summed E-state index contributed by atoms with van der Waals surface area (Å²) in [6.45, 7) is 0. The lowest BCUT2D eigenvalue weighted by Crippen LogP contribution is -2.07. The Hall–Kier alpha value is -15.8. The van der Waals surface area contributed by atoms with E-state index in [1.807, 2.05) is 170 Å². The largest absolute Gasteiger partial charge is 0.308 e. The third kappa shape index (κ3) is 9.46. The summed E-state index contributed by atoms with van der Waals surface area (Å²) in [4.78, 5) is 10.6. The van der Waals surface area contributed by atoms with E-state index in [-0.39, 0.29) is 89.0 Å². The van der Waals surface area contributed by atoms with Crippen molar-refractivity contribution < 1.29 is 0 Å². The minimum Gasteiger partial charge on any atom is -0.308 e. The first-order valence-corrected chi connectivity index (χ1v) is 32.2. The SMILES string of the molecule is N#Cc1cc(C#N)c(-c2c(-c3c(C#N)cc(C#N)cc3C#N)c(-c3ccnc4c(-n5c6ccccc6c6ccccc65)ccnc34)c3c(c2-c2c(C#N)cc(C#N)cc2C#N)c2c(-c4ccccc4)c(-c4ccccc4)c(-c4ccccc4)c(-c4ccccc4)c2n3-c2ccccc2)c(C#N)c1. The van der Waals surface area contributed by atoms with Crippen molar-refractivity contribution >= 4 is 54.6 Å². The molecule has 16 aromatic rings. The number of rotatable bonds is 10. The lowest BCUT2D eigenvalue weighted by atomic mass is 9.74. The molecule has 4 heterocycles. The monoisotopic (exact) mass is 1290 g/mol. The number of nitrogens with zero attached hydrogens (tertiary/aromatic N) is 13. The smallest absolute Gasteiger partial charge is 0.113 e. The minimum atomic E-state index is -0.211. The van der Waals surface area contributed by atoms with Gasteiger partial charge in [-0.05, 0) is 101 Å². The fraction of sp³-hybridized carbons (Fsp3) is 0. The van der Waals surface area contributed by atoms with E-state index < -0.39 is 0 Å². The fourth-order valence-electron chi connectivity index (χ4n) is 15.0. The highest BCUT2D eigenvalue weighted by Crippen LogP contribution is 2.62. The van der Waals surface area contributed by atoms with Crippen molar-refractivity contribution in [1.29, 1.82) is 47.4 Å². The molecule has 0 saturated heterocycles. The van der Waals surface area contributed by atoms with Gasteiger partial charge in [0.05, 0.1) is 138 Å². The number of hydrogen-bond acceptors (Lipinski definition) is 11. The van der Waals surface area contributed by atoms with E-state index in [0.29, 0.717) is 60.9 Å². The third-order valence-corrected chi connectivity index (χ3v) is 18.9. The van der Waals surface area contributed by atoms with Crippen LogP contribution in [0.4, 0.5) is 0 Å². The summed E-state index contributed by atoms with van der Waals surface area (Å²) in [6.07, 6.45) is 3.37. The van der Waals surface area contributed by atoms with Gasteiger partial charge in [0, 0.05) is 101 Å². The van der Waals surface area contributed by atoms with Crippen LogP contribution in [0.15, 0.2) is 261 Å². The van der Waals surface area contributed by atoms with E-state index in [0.717, 1.165) is 55.2 Å². The molecule has 0 bridgehead atoms. The Balaban J connectivity index is 1.35. The van der Waals surface area contributed by atoms with Crippen molar-refractivity contribution in [3.63, 3.8) is 0 Å². The summed E-state index contributed by atoms with van der Waals surface area (Å²) in [5.41, 5.74) is 9.85. The van der Waals surface area contributed by atoms with Gasteiger partial charge < -0.3 is 9.13 Å². The Kier molecular flexibility index (Phi) is 15.0. The highest BCUT2D eigenvalue weighted by Gasteiger charge is 2.39. The highest BCUT2D eigenvalue weighted by atomic mass is 15.0. The standard InChI is InChI=1S/C89H43N13/c90-44-53-38-60(47-93)73(61(39-53)48-94)81-80(69-34-36-100-87-72(35-37-99-86(69)87)102-70-32-18-16-30-67(70)68-31-17-19-33-71(68)102)89-85(83(75-64(51-97)42-55(46-92)43-65(75)52-98)82(81)74-62(49-95)40-54(45-91)41-63(74)50-96)84-78(58-24-10-3-11-25-58)76(56-20-6-1-7-21-56)77(57-22-8-2-9-23-57)79(59-26-12-4-13-27-59)88(84)101(89)66-28-14-5-15-29-66/h1-43H. The predicted octanol–water partition coefficient (Wildman–Crippen LogP) is 20.0. The van der Waals surface area contributed by atoms with Crippen LogP contribution in [0.25, 0.3) is 155 Å². The van der Waals surface area contributed by atoms with Gasteiger partial charge >= 0.3 is 0 Å². The van der Waals surface area contributed by atoms with Crippen LogP contribution in [0.3, 0.4) is 0 Å². The average molecular weight is 1290 g/mol. The molecule has 4 aromatic heterocycles. The second-order valence-corrected chi connectivity index (χ2v) is 24.2. The fourth-order valence-corrected chi connectivity index (χ4v) is 15.0. The Morgan fingerprint density at radius 2 is 0.588 bits per heavy atom. The van der Waals surface area contributed by atoms with E-state index in [2.05, 4.69) is 100 Å². The molecule has 102 heavy (non-hydrogen) atoms. The maximum Gasteiger partial charge on any atom is 0.113 e. The van der Waals surface area contributed by atoms with Crippen LogP contribution in [0, 0.1) is 102 Å². The van der Waals surface area contributed by atoms with E-state index in [1.165, 1.54) is 36.4 Å². The molecule has 464 valence electrons. The normalized spacial score (nSPS) is 10.9. The van der Waals surface area contributed by atoms with Gasteiger partial charge in [0.15, 0.2) is 0 Å². The van der Waals surface area contributed by atoms with Gasteiger partial charge in [0.1, 0.15) is 5.52 Å². The van der Waals surface area contributed by atoms with Crippen molar-refractivity contribution in [2.24, 2.45) is 0 Å². The molecule has 0 fully saturated rings. The van der Waals surface area contributed by atoms with Gasteiger partial charge in [-0.3, -0.25) is 9.97 Å². The van der Waals surface area contributed by atoms with Gasteiger partial charge in [0.2, 0.25) is 0 Å². The molecule has 0 unspecified atom stereocenters. The van der Waals surface area contributed by atoms with Crippen molar-refractivity contribution in [1.82, 2.24) is 19.1 Å². The molecular weight excluding hydrogens is 1250 g/mol. The molecular formula is C89H43N13. The molecule has 13 nitrogen and oxygen atoms in total. The predicted molar refractivity (Wildman–Crippen MR) is 394 cm³/mol. The van der Waals surface area contributed by atoms with Crippen molar-refractivity contribution in [2.75, 3.05) is 0 Å². The zero-order valence-electron chi connectivity index (χ0n) is 53.6. The Labute approximate surface area is 584 Å². The van der Waals surface area contributed by atoms with Crippen molar-refractivity contribution in [2.45, 2.75) is 0 Å². The van der Waals surface area contributed by atoms with Crippen LogP contribution in [-0.2, 0) is 0 Å². The first-order chi connectivity index (χ1) is 50.3. The Bertz CT molecular complexity index is 6550. The summed E-state index contributed by atoms with van der Waals surface area (Å²) < 4.78 is 4.29. The van der Waals surface area contributed by atoms with E-state index in [4.69, 9.17) is 9.97 Å². The Morgan fingerprint density at radius 3 is 1.02 bits per heavy atom. The number of aromatic nitrogens is 4. The van der Waals surface area contributed by atoms with Crippen LogP contribution in [0.2, 0.25) is 0 Å². The molecule has 0 amide bonds. The first-order valence-electron chi connectivity index (χ1n) is 32.2. The van der Waals surface area contributed by atoms with Crippen LogP contribution in [-0.4, -0.2) is 19.1 Å². The summed E-state index contributed by atoms with van der Waals surface area (Å²) in [5.74, 6) is 0. The number of para-hydroxylation sites is 3. The second kappa shape index (κ2) is 25.1. The molecule has 0 aliphatic carbocycles. The first kappa shape index (κ1) is 61.1. The maximum absolute atomic E-state index is 12.0. The van der Waals surface area contributed by atoms with Crippen molar-refractivity contribution in [3.05, 3.63) is 311 Å². The minimum absolute atomic E-state index is 0.0237. The number of hydrogen-bond donors (Lipinski definition) is 0. The third-order valence-electron chi connectivity index (χ3n) is 18.9. The zero-order chi connectivity index (χ0) is 69.7.